The number of hydrogen-bond acceptors (Lipinski definition) is 2. The van der Waals surface area contributed by atoms with E-state index in [9.17, 15) is 4.79 Å². The van der Waals surface area contributed by atoms with Gasteiger partial charge in [-0.1, -0.05) is 19.9 Å². The van der Waals surface area contributed by atoms with E-state index >= 15 is 0 Å². The molecule has 0 aromatic rings. The van der Waals surface area contributed by atoms with Gasteiger partial charge in [0.05, 0.1) is 0 Å². The molecule has 0 aliphatic carbocycles. The van der Waals surface area contributed by atoms with E-state index in [-0.39, 0.29) is 0 Å². The maximum absolute atomic E-state index is 9.86. The van der Waals surface area contributed by atoms with Gasteiger partial charge < -0.3 is 4.90 Å². The largest absolute Gasteiger partial charge is 0.300 e. The van der Waals surface area contributed by atoms with Gasteiger partial charge in [-0.05, 0) is 19.2 Å². The Labute approximate surface area is 62.5 Å². The molecule has 2 nitrogen and oxygen atoms in total. The highest BCUT2D eigenvalue weighted by molar-refractivity contribution is 5.64. The highest BCUT2D eigenvalue weighted by atomic mass is 16.1. The molecular weight excluding hydrogens is 126 g/mol. The first-order valence-electron chi connectivity index (χ1n) is 3.67. The standard InChI is InChI=1S/C8H15NO/c1-3-9(4-2)7-5-6-8-10/h5-6,8H,3-4,7H2,1-2H3/b6-5+. The number of carbonyl (C=O) groups excluding carboxylic acids is 1. The number of rotatable bonds is 5. The molecule has 0 aromatic carbocycles. The zero-order valence-corrected chi connectivity index (χ0v) is 6.71. The van der Waals surface area contributed by atoms with E-state index in [0.29, 0.717) is 0 Å². The molecule has 0 aromatic heterocycles. The lowest BCUT2D eigenvalue weighted by atomic mass is 10.4. The summed E-state index contributed by atoms with van der Waals surface area (Å²) in [4.78, 5) is 12.1. The number of aldehydes is 1. The van der Waals surface area contributed by atoms with Crippen molar-refractivity contribution in [3.63, 3.8) is 0 Å². The monoisotopic (exact) mass is 141 g/mol. The van der Waals surface area contributed by atoms with Gasteiger partial charge in [-0.25, -0.2) is 0 Å². The van der Waals surface area contributed by atoms with E-state index in [1.165, 1.54) is 0 Å². The molecule has 0 atom stereocenters. The molecule has 58 valence electrons. The molecule has 0 bridgehead atoms. The summed E-state index contributed by atoms with van der Waals surface area (Å²) < 4.78 is 0. The first kappa shape index (κ1) is 9.37. The van der Waals surface area contributed by atoms with E-state index in [1.54, 1.807) is 6.08 Å². The quantitative estimate of drug-likeness (QED) is 0.422. The molecule has 10 heavy (non-hydrogen) atoms. The molecule has 0 amide bonds. The maximum atomic E-state index is 9.86. The van der Waals surface area contributed by atoms with E-state index in [1.807, 2.05) is 6.08 Å². The Bertz CT molecular complexity index is 106. The number of nitrogens with zero attached hydrogens (tertiary/aromatic N) is 1. The molecule has 2 heteroatoms. The minimum atomic E-state index is 0.809. The van der Waals surface area contributed by atoms with Gasteiger partial charge in [-0.2, -0.15) is 0 Å². The van der Waals surface area contributed by atoms with Crippen LogP contribution in [0.3, 0.4) is 0 Å². The van der Waals surface area contributed by atoms with Crippen molar-refractivity contribution in [2.75, 3.05) is 19.6 Å². The molecule has 0 saturated heterocycles. The number of allylic oxidation sites excluding steroid dienone is 1. The van der Waals surface area contributed by atoms with Crippen molar-refractivity contribution in [3.05, 3.63) is 12.2 Å². The van der Waals surface area contributed by atoms with Crippen molar-refractivity contribution in [1.29, 1.82) is 0 Å². The zero-order valence-electron chi connectivity index (χ0n) is 6.71. The van der Waals surface area contributed by atoms with Gasteiger partial charge in [0.15, 0.2) is 0 Å². The third-order valence-corrected chi connectivity index (χ3v) is 1.47. The van der Waals surface area contributed by atoms with Gasteiger partial charge in [-0.3, -0.25) is 4.79 Å². The smallest absolute Gasteiger partial charge is 0.142 e. The molecule has 0 aliphatic rings. The minimum absolute atomic E-state index is 0.809. The van der Waals surface area contributed by atoms with Crippen molar-refractivity contribution in [2.24, 2.45) is 0 Å². The van der Waals surface area contributed by atoms with Crippen LogP contribution in [0.5, 0.6) is 0 Å². The average molecular weight is 141 g/mol. The van der Waals surface area contributed by atoms with E-state index in [0.717, 1.165) is 25.9 Å². The van der Waals surface area contributed by atoms with Crippen molar-refractivity contribution in [1.82, 2.24) is 4.90 Å². The van der Waals surface area contributed by atoms with Crippen molar-refractivity contribution >= 4 is 6.29 Å². The van der Waals surface area contributed by atoms with Crippen molar-refractivity contribution < 1.29 is 4.79 Å². The summed E-state index contributed by atoms with van der Waals surface area (Å²) in [6.07, 6.45) is 4.22. The van der Waals surface area contributed by atoms with Gasteiger partial charge in [0.25, 0.3) is 0 Å². The summed E-state index contributed by atoms with van der Waals surface area (Å²) in [5.74, 6) is 0. The molecule has 0 N–H and O–H groups in total. The summed E-state index contributed by atoms with van der Waals surface area (Å²) in [6, 6.07) is 0. The predicted octanol–water partition coefficient (Wildman–Crippen LogP) is 1.08. The Morgan fingerprint density at radius 1 is 1.30 bits per heavy atom. The van der Waals surface area contributed by atoms with E-state index in [4.69, 9.17) is 0 Å². The van der Waals surface area contributed by atoms with Crippen LogP contribution in [-0.2, 0) is 4.79 Å². The van der Waals surface area contributed by atoms with Crippen molar-refractivity contribution in [3.8, 4) is 0 Å². The lowest BCUT2D eigenvalue weighted by molar-refractivity contribution is -0.104. The summed E-state index contributed by atoms with van der Waals surface area (Å²) in [5, 5.41) is 0. The Morgan fingerprint density at radius 2 is 1.90 bits per heavy atom. The maximum Gasteiger partial charge on any atom is 0.142 e. The summed E-state index contributed by atoms with van der Waals surface area (Å²) in [6.45, 7) is 7.18. The lowest BCUT2D eigenvalue weighted by Gasteiger charge is -2.14. The van der Waals surface area contributed by atoms with Crippen molar-refractivity contribution in [2.45, 2.75) is 13.8 Å². The molecular formula is C8H15NO. The number of carbonyl (C=O) groups is 1. The summed E-state index contributed by atoms with van der Waals surface area (Å²) in [7, 11) is 0. The van der Waals surface area contributed by atoms with Gasteiger partial charge in [-0.15, -0.1) is 0 Å². The van der Waals surface area contributed by atoms with E-state index in [2.05, 4.69) is 18.7 Å². The Balaban J connectivity index is 3.43. The van der Waals surface area contributed by atoms with Gasteiger partial charge >= 0.3 is 0 Å². The number of hydrogen-bond donors (Lipinski definition) is 0. The summed E-state index contributed by atoms with van der Waals surface area (Å²) >= 11 is 0. The molecule has 0 rings (SSSR count). The first-order valence-corrected chi connectivity index (χ1v) is 3.67. The van der Waals surface area contributed by atoms with Crippen LogP contribution in [0.25, 0.3) is 0 Å². The second-order valence-corrected chi connectivity index (χ2v) is 2.05. The van der Waals surface area contributed by atoms with Crippen LogP contribution in [0.2, 0.25) is 0 Å². The van der Waals surface area contributed by atoms with Gasteiger partial charge in [0, 0.05) is 6.54 Å². The van der Waals surface area contributed by atoms with Crippen LogP contribution in [0.15, 0.2) is 12.2 Å². The molecule has 0 radical (unpaired) electrons. The van der Waals surface area contributed by atoms with Crippen LogP contribution in [-0.4, -0.2) is 30.8 Å². The number of likely N-dealkylation sites (N-methyl/N-ethyl adjacent to an activating group) is 1. The fraction of sp³-hybridized carbons (Fsp3) is 0.625. The Hall–Kier alpha value is -0.630. The molecule has 0 unspecified atom stereocenters. The molecule has 0 saturated carbocycles. The second kappa shape index (κ2) is 6.49. The van der Waals surface area contributed by atoms with Gasteiger partial charge in [0.2, 0.25) is 0 Å². The fourth-order valence-electron chi connectivity index (χ4n) is 0.747. The van der Waals surface area contributed by atoms with Crippen LogP contribution in [0.1, 0.15) is 13.8 Å². The average Bonchev–Trinajstić information content (AvgIpc) is 1.99. The predicted molar refractivity (Wildman–Crippen MR) is 43.0 cm³/mol. The molecule has 0 spiro atoms. The van der Waals surface area contributed by atoms with E-state index < -0.39 is 0 Å². The normalized spacial score (nSPS) is 11.1. The molecule has 0 heterocycles. The van der Waals surface area contributed by atoms with Crippen LogP contribution in [0.4, 0.5) is 0 Å². The van der Waals surface area contributed by atoms with Crippen LogP contribution in [0, 0.1) is 0 Å². The Kier molecular flexibility index (Phi) is 6.08. The van der Waals surface area contributed by atoms with Crippen LogP contribution < -0.4 is 0 Å². The highest BCUT2D eigenvalue weighted by Crippen LogP contribution is 1.85. The summed E-state index contributed by atoms with van der Waals surface area (Å²) in [5.41, 5.74) is 0. The first-order chi connectivity index (χ1) is 4.85. The molecule has 0 aliphatic heterocycles. The fourth-order valence-corrected chi connectivity index (χ4v) is 0.747. The second-order valence-electron chi connectivity index (χ2n) is 2.05. The third kappa shape index (κ3) is 4.27. The lowest BCUT2D eigenvalue weighted by Crippen LogP contribution is -2.22. The third-order valence-electron chi connectivity index (χ3n) is 1.47. The zero-order chi connectivity index (χ0) is 7.82. The molecule has 0 fully saturated rings. The minimum Gasteiger partial charge on any atom is -0.300 e. The Morgan fingerprint density at radius 3 is 2.30 bits per heavy atom. The van der Waals surface area contributed by atoms with Crippen LogP contribution >= 0.6 is 0 Å². The highest BCUT2D eigenvalue weighted by Gasteiger charge is 1.92. The SMILES string of the molecule is CCN(CC)C/C=C/C=O. The topological polar surface area (TPSA) is 20.3 Å². The van der Waals surface area contributed by atoms with Gasteiger partial charge in [0.1, 0.15) is 6.29 Å².